The molecule has 2 aromatic rings. The van der Waals surface area contributed by atoms with Crippen LogP contribution in [0.5, 0.6) is 0 Å². The molecule has 3 rings (SSSR count). The first-order valence-electron chi connectivity index (χ1n) is 10.2. The molecule has 1 aromatic heterocycles. The molecule has 1 heterocycles. The number of benzene rings is 1. The second-order valence-corrected chi connectivity index (χ2v) is 9.40. The van der Waals surface area contributed by atoms with E-state index in [9.17, 15) is 0 Å². The predicted molar refractivity (Wildman–Crippen MR) is 111 cm³/mol. The molecule has 2 unspecified atom stereocenters. The topological polar surface area (TPSA) is 17.8 Å². The van der Waals surface area contributed by atoms with Crippen molar-refractivity contribution in [2.45, 2.75) is 92.5 Å². The largest absolute Gasteiger partial charge is 0.326 e. The van der Waals surface area contributed by atoms with Crippen LogP contribution in [0.1, 0.15) is 85.4 Å². The molecule has 26 heavy (non-hydrogen) atoms. The van der Waals surface area contributed by atoms with Crippen molar-refractivity contribution in [1.82, 2.24) is 9.55 Å². The van der Waals surface area contributed by atoms with Crippen LogP contribution >= 0.6 is 0 Å². The minimum Gasteiger partial charge on any atom is -0.326 e. The third-order valence-corrected chi connectivity index (χ3v) is 6.60. The number of imidazole rings is 1. The summed E-state index contributed by atoms with van der Waals surface area (Å²) in [5.74, 6) is 2.77. The standard InChI is InChI=1S/C24H36N2/c1-15-9-10-21(11-15)23-13-16(2)22(12-17(23)3)14-24(7,8)26-19(5)18(4)25-20(26)6/h12-13,15,21H,9-11,14H2,1-8H3. The number of aryl methyl sites for hydroxylation is 4. The quantitative estimate of drug-likeness (QED) is 0.630. The van der Waals surface area contributed by atoms with Crippen molar-refractivity contribution in [3.8, 4) is 0 Å². The zero-order valence-electron chi connectivity index (χ0n) is 18.0. The molecule has 1 aliphatic carbocycles. The molecule has 0 bridgehead atoms. The summed E-state index contributed by atoms with van der Waals surface area (Å²) in [7, 11) is 0. The van der Waals surface area contributed by atoms with Crippen LogP contribution in [-0.4, -0.2) is 9.55 Å². The summed E-state index contributed by atoms with van der Waals surface area (Å²) in [6.45, 7) is 18.1. The van der Waals surface area contributed by atoms with Crippen LogP contribution in [0.2, 0.25) is 0 Å². The molecule has 0 N–H and O–H groups in total. The van der Waals surface area contributed by atoms with Gasteiger partial charge in [-0.2, -0.15) is 0 Å². The first-order valence-corrected chi connectivity index (χ1v) is 10.2. The summed E-state index contributed by atoms with van der Waals surface area (Å²) in [5, 5.41) is 0. The molecule has 2 heteroatoms. The molecular weight excluding hydrogens is 316 g/mol. The normalized spacial score (nSPS) is 20.8. The van der Waals surface area contributed by atoms with Gasteiger partial charge >= 0.3 is 0 Å². The molecule has 0 radical (unpaired) electrons. The van der Waals surface area contributed by atoms with E-state index < -0.39 is 0 Å². The summed E-state index contributed by atoms with van der Waals surface area (Å²) >= 11 is 0. The molecule has 0 amide bonds. The van der Waals surface area contributed by atoms with Crippen molar-refractivity contribution in [1.29, 1.82) is 0 Å². The molecule has 0 aliphatic heterocycles. The molecule has 142 valence electrons. The molecule has 1 saturated carbocycles. The molecule has 0 saturated heterocycles. The average Bonchev–Trinajstić information content (AvgIpc) is 3.06. The Morgan fingerprint density at radius 3 is 2.27 bits per heavy atom. The van der Waals surface area contributed by atoms with E-state index in [1.165, 1.54) is 41.6 Å². The highest BCUT2D eigenvalue weighted by Crippen LogP contribution is 2.40. The van der Waals surface area contributed by atoms with E-state index in [1.54, 1.807) is 5.56 Å². The van der Waals surface area contributed by atoms with Gasteiger partial charge in [0.15, 0.2) is 0 Å². The van der Waals surface area contributed by atoms with Crippen molar-refractivity contribution in [2.24, 2.45) is 5.92 Å². The molecule has 0 spiro atoms. The third kappa shape index (κ3) is 3.48. The van der Waals surface area contributed by atoms with Gasteiger partial charge in [0.05, 0.1) is 5.69 Å². The van der Waals surface area contributed by atoms with Gasteiger partial charge in [-0.25, -0.2) is 4.98 Å². The Hall–Kier alpha value is -1.57. The summed E-state index contributed by atoms with van der Waals surface area (Å²) in [6.07, 6.45) is 5.14. The van der Waals surface area contributed by atoms with Crippen molar-refractivity contribution in [3.63, 3.8) is 0 Å². The fourth-order valence-corrected chi connectivity index (χ4v) is 5.23. The van der Waals surface area contributed by atoms with E-state index in [4.69, 9.17) is 4.98 Å². The van der Waals surface area contributed by atoms with Crippen molar-refractivity contribution >= 4 is 0 Å². The van der Waals surface area contributed by atoms with E-state index in [0.717, 1.165) is 29.8 Å². The molecule has 2 atom stereocenters. The zero-order valence-corrected chi connectivity index (χ0v) is 18.0. The van der Waals surface area contributed by atoms with Crippen LogP contribution in [0.25, 0.3) is 0 Å². The van der Waals surface area contributed by atoms with E-state index in [-0.39, 0.29) is 5.54 Å². The summed E-state index contributed by atoms with van der Waals surface area (Å²) < 4.78 is 2.42. The maximum absolute atomic E-state index is 4.69. The van der Waals surface area contributed by atoms with Crippen LogP contribution in [0.15, 0.2) is 12.1 Å². The highest BCUT2D eigenvalue weighted by atomic mass is 15.1. The summed E-state index contributed by atoms with van der Waals surface area (Å²) in [5.41, 5.74) is 8.47. The Labute approximate surface area is 160 Å². The Morgan fingerprint density at radius 1 is 1.04 bits per heavy atom. The fourth-order valence-electron chi connectivity index (χ4n) is 5.23. The lowest BCUT2D eigenvalue weighted by atomic mass is 9.85. The van der Waals surface area contributed by atoms with Gasteiger partial charge in [0.25, 0.3) is 0 Å². The van der Waals surface area contributed by atoms with Gasteiger partial charge in [-0.15, -0.1) is 0 Å². The van der Waals surface area contributed by atoms with Gasteiger partial charge in [-0.05, 0) is 102 Å². The average molecular weight is 353 g/mol. The van der Waals surface area contributed by atoms with Crippen LogP contribution in [0.4, 0.5) is 0 Å². The van der Waals surface area contributed by atoms with Crippen molar-refractivity contribution < 1.29 is 0 Å². The highest BCUT2D eigenvalue weighted by molar-refractivity contribution is 5.40. The lowest BCUT2D eigenvalue weighted by Crippen LogP contribution is -2.31. The number of rotatable bonds is 4. The van der Waals surface area contributed by atoms with E-state index in [0.29, 0.717) is 0 Å². The van der Waals surface area contributed by atoms with Crippen molar-refractivity contribution in [3.05, 3.63) is 51.6 Å². The molecule has 1 aromatic carbocycles. The lowest BCUT2D eigenvalue weighted by Gasteiger charge is -2.31. The Bertz CT molecular complexity index is 810. The van der Waals surface area contributed by atoms with E-state index in [2.05, 4.69) is 72.1 Å². The summed E-state index contributed by atoms with van der Waals surface area (Å²) in [6, 6.07) is 4.95. The predicted octanol–water partition coefficient (Wildman–Crippen LogP) is 6.31. The first-order chi connectivity index (χ1) is 12.1. The van der Waals surface area contributed by atoms with Gasteiger partial charge < -0.3 is 4.57 Å². The van der Waals surface area contributed by atoms with E-state index in [1.807, 2.05) is 0 Å². The SMILES string of the molecule is Cc1cc(C2CCC(C)C2)c(C)cc1CC(C)(C)n1c(C)nc(C)c1C. The second kappa shape index (κ2) is 6.87. The van der Waals surface area contributed by atoms with Crippen LogP contribution in [0, 0.1) is 40.5 Å². The molecule has 2 nitrogen and oxygen atoms in total. The fraction of sp³-hybridized carbons (Fsp3) is 0.625. The van der Waals surface area contributed by atoms with Gasteiger partial charge in [0.2, 0.25) is 0 Å². The number of aromatic nitrogens is 2. The van der Waals surface area contributed by atoms with Crippen LogP contribution < -0.4 is 0 Å². The van der Waals surface area contributed by atoms with Crippen LogP contribution in [-0.2, 0) is 12.0 Å². The first kappa shape index (κ1) is 19.2. The van der Waals surface area contributed by atoms with Gasteiger partial charge in [-0.3, -0.25) is 0 Å². The summed E-state index contributed by atoms with van der Waals surface area (Å²) in [4.78, 5) is 4.69. The Kier molecular flexibility index (Phi) is 5.07. The van der Waals surface area contributed by atoms with Crippen LogP contribution in [0.3, 0.4) is 0 Å². The van der Waals surface area contributed by atoms with E-state index >= 15 is 0 Å². The Balaban J connectivity index is 1.91. The monoisotopic (exact) mass is 352 g/mol. The van der Waals surface area contributed by atoms with Gasteiger partial charge in [-0.1, -0.05) is 25.5 Å². The van der Waals surface area contributed by atoms with Crippen molar-refractivity contribution in [2.75, 3.05) is 0 Å². The minimum atomic E-state index is 0.0238. The second-order valence-electron chi connectivity index (χ2n) is 9.40. The smallest absolute Gasteiger partial charge is 0.106 e. The number of nitrogens with zero attached hydrogens (tertiary/aromatic N) is 2. The maximum Gasteiger partial charge on any atom is 0.106 e. The zero-order chi connectivity index (χ0) is 19.2. The number of hydrogen-bond acceptors (Lipinski definition) is 1. The third-order valence-electron chi connectivity index (χ3n) is 6.60. The van der Waals surface area contributed by atoms with Gasteiger partial charge in [0, 0.05) is 11.2 Å². The highest BCUT2D eigenvalue weighted by Gasteiger charge is 2.28. The Morgan fingerprint density at radius 2 is 1.73 bits per heavy atom. The minimum absolute atomic E-state index is 0.0238. The lowest BCUT2D eigenvalue weighted by molar-refractivity contribution is 0.338. The molecule has 1 aliphatic rings. The molecule has 1 fully saturated rings. The number of hydrogen-bond donors (Lipinski definition) is 0. The maximum atomic E-state index is 4.69. The molecular formula is C24H36N2. The van der Waals surface area contributed by atoms with Gasteiger partial charge in [0.1, 0.15) is 5.82 Å².